The molecule has 4 nitrogen and oxygen atoms in total. The van der Waals surface area contributed by atoms with Gasteiger partial charge in [-0.15, -0.1) is 11.3 Å². The Bertz CT molecular complexity index is 1100. The van der Waals surface area contributed by atoms with Crippen molar-refractivity contribution in [2.24, 2.45) is 0 Å². The van der Waals surface area contributed by atoms with Gasteiger partial charge in [-0.05, 0) is 58.8 Å². The summed E-state index contributed by atoms with van der Waals surface area (Å²) < 4.78 is 39.6. The van der Waals surface area contributed by atoms with Crippen LogP contribution in [-0.4, -0.2) is 20.9 Å². The second-order valence-corrected chi connectivity index (χ2v) is 11.2. The van der Waals surface area contributed by atoms with Gasteiger partial charge in [0.2, 0.25) is 0 Å². The molecule has 1 amide bonds. The van der Waals surface area contributed by atoms with E-state index >= 15 is 0 Å². The summed E-state index contributed by atoms with van der Waals surface area (Å²) in [7, 11) is -3.82. The number of hydrogen-bond donors (Lipinski definition) is 1. The van der Waals surface area contributed by atoms with Crippen molar-refractivity contribution in [1.29, 1.82) is 0 Å². The number of carbonyl (C=O) groups is 1. The highest BCUT2D eigenvalue weighted by Crippen LogP contribution is 2.31. The average Bonchev–Trinajstić information content (AvgIpc) is 3.22. The Balaban J connectivity index is 1.81. The Morgan fingerprint density at radius 2 is 1.67 bits per heavy atom. The molecular formula is C23H24FNO3S2. The first-order chi connectivity index (χ1) is 14.1. The molecule has 0 aliphatic heterocycles. The van der Waals surface area contributed by atoms with Crippen LogP contribution in [0.15, 0.2) is 70.9 Å². The van der Waals surface area contributed by atoms with E-state index in [1.54, 1.807) is 29.6 Å². The fourth-order valence-corrected chi connectivity index (χ4v) is 5.82. The molecule has 0 unspecified atom stereocenters. The van der Waals surface area contributed by atoms with E-state index in [-0.39, 0.29) is 22.8 Å². The van der Waals surface area contributed by atoms with E-state index in [0.29, 0.717) is 10.4 Å². The summed E-state index contributed by atoms with van der Waals surface area (Å²) >= 11 is 1.30. The van der Waals surface area contributed by atoms with Crippen molar-refractivity contribution in [3.05, 3.63) is 87.9 Å². The largest absolute Gasteiger partial charge is 0.350 e. The third kappa shape index (κ3) is 4.96. The molecule has 0 saturated carbocycles. The number of carbonyl (C=O) groups excluding carboxylic acids is 1. The summed E-state index contributed by atoms with van der Waals surface area (Å²) in [5, 5.41) is 3.58. The molecule has 0 aliphatic carbocycles. The first-order valence-electron chi connectivity index (χ1n) is 9.50. The number of sulfone groups is 1. The topological polar surface area (TPSA) is 63.2 Å². The SMILES string of the molecule is CC(C)(C)c1ccc(C(=O)NC[C@H](c2cccs2)S(=O)(=O)c2ccc(F)cc2)cc1. The van der Waals surface area contributed by atoms with Crippen molar-refractivity contribution in [1.82, 2.24) is 5.32 Å². The van der Waals surface area contributed by atoms with Crippen LogP contribution >= 0.6 is 11.3 Å². The van der Waals surface area contributed by atoms with Crippen LogP contribution in [0.5, 0.6) is 0 Å². The molecule has 0 fully saturated rings. The predicted octanol–water partition coefficient (Wildman–Crippen LogP) is 5.13. The van der Waals surface area contributed by atoms with Crippen LogP contribution < -0.4 is 5.32 Å². The van der Waals surface area contributed by atoms with Crippen molar-refractivity contribution in [3.8, 4) is 0 Å². The van der Waals surface area contributed by atoms with Crippen LogP contribution in [-0.2, 0) is 15.3 Å². The molecule has 158 valence electrons. The molecule has 0 saturated heterocycles. The van der Waals surface area contributed by atoms with Gasteiger partial charge in [-0.1, -0.05) is 39.0 Å². The highest BCUT2D eigenvalue weighted by Gasteiger charge is 2.30. The zero-order chi connectivity index (χ0) is 21.9. The van der Waals surface area contributed by atoms with Crippen LogP contribution in [0.1, 0.15) is 46.8 Å². The molecule has 0 aliphatic rings. The van der Waals surface area contributed by atoms with Gasteiger partial charge in [0, 0.05) is 17.0 Å². The standard InChI is InChI=1S/C23H24FNO3S2/c1-23(2,3)17-8-6-16(7-9-17)22(26)25-15-21(20-5-4-14-29-20)30(27,28)19-12-10-18(24)11-13-19/h4-14,21H,15H2,1-3H3,(H,25,26)/t21-/m1/s1. The Labute approximate surface area is 180 Å². The normalized spacial score (nSPS) is 13.1. The van der Waals surface area contributed by atoms with Crippen LogP contribution in [0.25, 0.3) is 0 Å². The van der Waals surface area contributed by atoms with Crippen molar-refractivity contribution >= 4 is 27.1 Å². The Kier molecular flexibility index (Phi) is 6.43. The van der Waals surface area contributed by atoms with Gasteiger partial charge in [-0.3, -0.25) is 4.79 Å². The average molecular weight is 446 g/mol. The lowest BCUT2D eigenvalue weighted by molar-refractivity contribution is 0.0953. The van der Waals surface area contributed by atoms with Gasteiger partial charge >= 0.3 is 0 Å². The zero-order valence-electron chi connectivity index (χ0n) is 17.1. The molecular weight excluding hydrogens is 421 g/mol. The number of nitrogens with one attached hydrogen (secondary N) is 1. The minimum atomic E-state index is -3.82. The Morgan fingerprint density at radius 1 is 1.03 bits per heavy atom. The summed E-state index contributed by atoms with van der Waals surface area (Å²) in [5.41, 5.74) is 1.55. The number of rotatable bonds is 6. The summed E-state index contributed by atoms with van der Waals surface area (Å²) in [6, 6.07) is 15.5. The first-order valence-corrected chi connectivity index (χ1v) is 11.9. The fraction of sp³-hybridized carbons (Fsp3) is 0.261. The first kappa shape index (κ1) is 22.2. The maximum absolute atomic E-state index is 13.2. The van der Waals surface area contributed by atoms with Crippen molar-refractivity contribution in [3.63, 3.8) is 0 Å². The minimum absolute atomic E-state index is 0.0195. The summed E-state index contributed by atoms with van der Waals surface area (Å²) in [4.78, 5) is 13.3. The van der Waals surface area contributed by atoms with Crippen molar-refractivity contribution < 1.29 is 17.6 Å². The monoisotopic (exact) mass is 445 g/mol. The lowest BCUT2D eigenvalue weighted by Crippen LogP contribution is -2.31. The van der Waals surface area contributed by atoms with Gasteiger partial charge < -0.3 is 5.32 Å². The van der Waals surface area contributed by atoms with Crippen molar-refractivity contribution in [2.45, 2.75) is 36.3 Å². The number of halogens is 1. The van der Waals surface area contributed by atoms with Gasteiger partial charge in [-0.25, -0.2) is 12.8 Å². The molecule has 0 spiro atoms. The quantitative estimate of drug-likeness (QED) is 0.535. The third-order valence-electron chi connectivity index (χ3n) is 4.84. The van der Waals surface area contributed by atoms with E-state index in [0.717, 1.165) is 17.7 Å². The van der Waals surface area contributed by atoms with Crippen LogP contribution in [0.3, 0.4) is 0 Å². The smallest absolute Gasteiger partial charge is 0.251 e. The molecule has 30 heavy (non-hydrogen) atoms. The molecule has 1 aromatic heterocycles. The van der Waals surface area contributed by atoms with Gasteiger partial charge in [-0.2, -0.15) is 0 Å². The Hall–Kier alpha value is -2.51. The van der Waals surface area contributed by atoms with Gasteiger partial charge in [0.05, 0.1) is 4.90 Å². The molecule has 7 heteroatoms. The van der Waals surface area contributed by atoms with E-state index in [9.17, 15) is 17.6 Å². The molecule has 0 radical (unpaired) electrons. The number of benzene rings is 2. The maximum Gasteiger partial charge on any atom is 0.251 e. The molecule has 1 atom stereocenters. The lowest BCUT2D eigenvalue weighted by Gasteiger charge is -2.19. The molecule has 3 rings (SSSR count). The zero-order valence-corrected chi connectivity index (χ0v) is 18.7. The highest BCUT2D eigenvalue weighted by atomic mass is 32.2. The van der Waals surface area contributed by atoms with E-state index in [4.69, 9.17) is 0 Å². The Morgan fingerprint density at radius 3 is 2.20 bits per heavy atom. The summed E-state index contributed by atoms with van der Waals surface area (Å²) in [6.07, 6.45) is 0. The number of hydrogen-bond acceptors (Lipinski definition) is 4. The minimum Gasteiger partial charge on any atom is -0.350 e. The number of amides is 1. The van der Waals surface area contributed by atoms with Crippen molar-refractivity contribution in [2.75, 3.05) is 6.54 Å². The van der Waals surface area contributed by atoms with Crippen LogP contribution in [0.4, 0.5) is 4.39 Å². The van der Waals surface area contributed by atoms with Crippen LogP contribution in [0.2, 0.25) is 0 Å². The van der Waals surface area contributed by atoms with Gasteiger partial charge in [0.1, 0.15) is 11.1 Å². The van der Waals surface area contributed by atoms with E-state index in [2.05, 4.69) is 26.1 Å². The summed E-state index contributed by atoms with van der Waals surface area (Å²) in [6.45, 7) is 6.19. The third-order valence-corrected chi connectivity index (χ3v) is 8.07. The molecule has 0 bridgehead atoms. The van der Waals surface area contributed by atoms with E-state index in [1.165, 1.54) is 23.5 Å². The van der Waals surface area contributed by atoms with E-state index in [1.807, 2.05) is 12.1 Å². The highest BCUT2D eigenvalue weighted by molar-refractivity contribution is 7.91. The molecule has 2 aromatic carbocycles. The van der Waals surface area contributed by atoms with Crippen LogP contribution in [0, 0.1) is 5.82 Å². The second-order valence-electron chi connectivity index (χ2n) is 8.04. The molecule has 1 heterocycles. The predicted molar refractivity (Wildman–Crippen MR) is 118 cm³/mol. The summed E-state index contributed by atoms with van der Waals surface area (Å²) in [5.74, 6) is -0.847. The van der Waals surface area contributed by atoms with E-state index < -0.39 is 20.9 Å². The number of thiophene rings is 1. The van der Waals surface area contributed by atoms with Gasteiger partial charge in [0.15, 0.2) is 9.84 Å². The van der Waals surface area contributed by atoms with Gasteiger partial charge in [0.25, 0.3) is 5.91 Å². The fourth-order valence-electron chi connectivity index (χ4n) is 3.04. The molecule has 3 aromatic rings. The maximum atomic E-state index is 13.2. The molecule has 1 N–H and O–H groups in total. The lowest BCUT2D eigenvalue weighted by atomic mass is 9.87. The second kappa shape index (κ2) is 8.70.